The first-order valence-electron chi connectivity index (χ1n) is 15.2. The number of hydrogen-bond donors (Lipinski definition) is 4. The van der Waals surface area contributed by atoms with Crippen LogP contribution in [0.2, 0.25) is 10.0 Å². The van der Waals surface area contributed by atoms with E-state index in [1.165, 1.54) is 6.20 Å². The highest BCUT2D eigenvalue weighted by Gasteiger charge is 2.33. The van der Waals surface area contributed by atoms with Gasteiger partial charge in [0.05, 0.1) is 34.5 Å². The van der Waals surface area contributed by atoms with E-state index in [-0.39, 0.29) is 24.3 Å². The van der Waals surface area contributed by atoms with Gasteiger partial charge in [0, 0.05) is 85.4 Å². The molecule has 0 aliphatic carbocycles. The van der Waals surface area contributed by atoms with Crippen LogP contribution in [0.15, 0.2) is 60.9 Å². The molecule has 13 heteroatoms. The lowest BCUT2D eigenvalue weighted by atomic mass is 10.00. The van der Waals surface area contributed by atoms with Crippen molar-refractivity contribution in [1.29, 1.82) is 0 Å². The largest absolute Gasteiger partial charge is 0.496 e. The van der Waals surface area contributed by atoms with Crippen LogP contribution in [0.4, 0.5) is 15.9 Å². The second kappa shape index (κ2) is 14.2. The first kappa shape index (κ1) is 32.6. The Bertz CT molecular complexity index is 1820. The van der Waals surface area contributed by atoms with E-state index >= 15 is 4.39 Å². The lowest BCUT2D eigenvalue weighted by Gasteiger charge is -2.36. The number of carboxylic acid groups (broad SMARTS) is 1. The van der Waals surface area contributed by atoms with Crippen molar-refractivity contribution in [3.05, 3.63) is 87.9 Å². The van der Waals surface area contributed by atoms with Crippen LogP contribution >= 0.6 is 23.2 Å². The van der Waals surface area contributed by atoms with Crippen molar-refractivity contribution in [3.63, 3.8) is 0 Å². The first-order chi connectivity index (χ1) is 22.7. The third-order valence-corrected chi connectivity index (χ3v) is 9.24. The van der Waals surface area contributed by atoms with Crippen molar-refractivity contribution in [2.45, 2.75) is 32.0 Å². The summed E-state index contributed by atoms with van der Waals surface area (Å²) in [7, 11) is 1.61. The SMILES string of the molecule is COc1cc(-c2nccc(-c3cccc(Nc4nccc(CN5CC(C(=O)O)C5)c4F)c3Cl)c2Cl)ccc1CNCC1CCC(=O)N1. The van der Waals surface area contributed by atoms with Crippen molar-refractivity contribution in [3.8, 4) is 28.1 Å². The fourth-order valence-corrected chi connectivity index (χ4v) is 6.45. The van der Waals surface area contributed by atoms with Gasteiger partial charge in [0.2, 0.25) is 5.91 Å². The van der Waals surface area contributed by atoms with Crippen molar-refractivity contribution in [2.75, 3.05) is 32.1 Å². The Labute approximate surface area is 281 Å². The molecule has 4 aromatic rings. The third-order valence-electron chi connectivity index (χ3n) is 8.45. The van der Waals surface area contributed by atoms with E-state index in [9.17, 15) is 9.59 Å². The Balaban J connectivity index is 1.20. The minimum atomic E-state index is -0.843. The summed E-state index contributed by atoms with van der Waals surface area (Å²) in [5.41, 5.74) is 4.35. The number of anilines is 2. The van der Waals surface area contributed by atoms with E-state index in [1.54, 1.807) is 37.6 Å². The number of halogens is 3. The maximum Gasteiger partial charge on any atom is 0.309 e. The van der Waals surface area contributed by atoms with E-state index < -0.39 is 17.7 Å². The molecule has 2 aliphatic heterocycles. The maximum atomic E-state index is 15.5. The van der Waals surface area contributed by atoms with E-state index in [1.807, 2.05) is 29.2 Å². The van der Waals surface area contributed by atoms with Gasteiger partial charge in [-0.25, -0.2) is 9.37 Å². The summed E-state index contributed by atoms with van der Waals surface area (Å²) in [5.74, 6) is -1.04. The quantitative estimate of drug-likeness (QED) is 0.145. The fourth-order valence-electron chi connectivity index (χ4n) is 5.86. The monoisotopic (exact) mass is 678 g/mol. The zero-order valence-corrected chi connectivity index (χ0v) is 27.0. The lowest BCUT2D eigenvalue weighted by Crippen LogP contribution is -2.49. The molecule has 0 radical (unpaired) electrons. The first-order valence-corrected chi connectivity index (χ1v) is 15.9. The van der Waals surface area contributed by atoms with Crippen molar-refractivity contribution in [1.82, 2.24) is 25.5 Å². The van der Waals surface area contributed by atoms with Crippen LogP contribution in [-0.2, 0) is 22.7 Å². The molecular formula is C34H33Cl2FN6O4. The Kier molecular flexibility index (Phi) is 9.88. The number of aromatic nitrogens is 2. The normalized spacial score (nSPS) is 16.5. The van der Waals surface area contributed by atoms with E-state index in [0.717, 1.165) is 17.5 Å². The van der Waals surface area contributed by atoms with Crippen molar-refractivity contribution >= 4 is 46.6 Å². The maximum absolute atomic E-state index is 15.5. The molecule has 0 spiro atoms. The number of hydrogen-bond acceptors (Lipinski definition) is 8. The van der Waals surface area contributed by atoms with Gasteiger partial charge in [-0.05, 0) is 30.7 Å². The molecule has 244 valence electrons. The number of ether oxygens (including phenoxy) is 1. The van der Waals surface area contributed by atoms with E-state index in [0.29, 0.717) is 76.5 Å². The molecule has 47 heavy (non-hydrogen) atoms. The molecule has 0 saturated carbocycles. The highest BCUT2D eigenvalue weighted by Crippen LogP contribution is 2.42. The van der Waals surface area contributed by atoms with Gasteiger partial charge in [-0.1, -0.05) is 47.5 Å². The summed E-state index contributed by atoms with van der Waals surface area (Å²) < 4.78 is 21.2. The Morgan fingerprint density at radius 3 is 2.62 bits per heavy atom. The molecule has 1 amide bonds. The minimum absolute atomic E-state index is 0.00745. The average Bonchev–Trinajstić information content (AvgIpc) is 3.46. The van der Waals surface area contributed by atoms with Crippen LogP contribution in [-0.4, -0.2) is 64.6 Å². The average molecular weight is 680 g/mol. The topological polar surface area (TPSA) is 129 Å². The third kappa shape index (κ3) is 7.18. The summed E-state index contributed by atoms with van der Waals surface area (Å²) in [6.07, 6.45) is 4.54. The smallest absolute Gasteiger partial charge is 0.309 e. The number of carbonyl (C=O) groups is 2. The molecule has 10 nitrogen and oxygen atoms in total. The number of carboxylic acids is 1. The van der Waals surface area contributed by atoms with E-state index in [2.05, 4.69) is 25.9 Å². The van der Waals surface area contributed by atoms with Crippen molar-refractivity contribution < 1.29 is 23.8 Å². The number of pyridine rings is 2. The molecule has 2 saturated heterocycles. The van der Waals surface area contributed by atoms with Gasteiger partial charge in [-0.2, -0.15) is 0 Å². The Morgan fingerprint density at radius 2 is 1.87 bits per heavy atom. The molecule has 0 bridgehead atoms. The van der Waals surface area contributed by atoms with Crippen LogP contribution in [0, 0.1) is 11.7 Å². The van der Waals surface area contributed by atoms with Gasteiger partial charge in [-0.15, -0.1) is 0 Å². The predicted octanol–water partition coefficient (Wildman–Crippen LogP) is 5.89. The summed E-state index contributed by atoms with van der Waals surface area (Å²) in [6.45, 7) is 2.26. The molecule has 1 atom stereocenters. The zero-order chi connectivity index (χ0) is 33.1. The van der Waals surface area contributed by atoms with Gasteiger partial charge in [0.25, 0.3) is 0 Å². The van der Waals surface area contributed by atoms with Crippen LogP contribution in [0.3, 0.4) is 0 Å². The lowest BCUT2D eigenvalue weighted by molar-refractivity contribution is -0.147. The standard InChI is InChI=1S/C34H33Cl2FN6O4/c1-47-27-13-19(5-6-20(27)14-38-15-23-7-8-28(44)41-23)32-30(36)25(10-12-39-32)24-3-2-4-26(29(24)35)42-33-31(37)21(9-11-40-33)16-43-17-22(18-43)34(45)46/h2-6,9-13,22-23,38H,7-8,14-18H2,1H3,(H,40,42)(H,41,44)(H,45,46). The fraction of sp³-hybridized carbons (Fsp3) is 0.294. The molecule has 1 unspecified atom stereocenters. The number of nitrogens with zero attached hydrogens (tertiary/aromatic N) is 3. The summed E-state index contributed by atoms with van der Waals surface area (Å²) in [6, 6.07) is 14.6. The van der Waals surface area contributed by atoms with Crippen LogP contribution in [0.25, 0.3) is 22.4 Å². The summed E-state index contributed by atoms with van der Waals surface area (Å²) in [4.78, 5) is 33.2. The summed E-state index contributed by atoms with van der Waals surface area (Å²) >= 11 is 13.8. The number of amides is 1. The highest BCUT2D eigenvalue weighted by atomic mass is 35.5. The summed E-state index contributed by atoms with van der Waals surface area (Å²) in [5, 5.41) is 19.2. The predicted molar refractivity (Wildman–Crippen MR) is 178 cm³/mol. The molecule has 2 aromatic heterocycles. The minimum Gasteiger partial charge on any atom is -0.496 e. The molecule has 4 heterocycles. The number of carbonyl (C=O) groups excluding carboxylic acids is 1. The van der Waals surface area contributed by atoms with E-state index in [4.69, 9.17) is 33.0 Å². The van der Waals surface area contributed by atoms with Gasteiger partial charge in [-0.3, -0.25) is 19.5 Å². The number of aliphatic carboxylic acids is 1. The van der Waals surface area contributed by atoms with Gasteiger partial charge >= 0.3 is 5.97 Å². The molecule has 6 rings (SSSR count). The Hall–Kier alpha value is -4.29. The molecular weight excluding hydrogens is 646 g/mol. The van der Waals surface area contributed by atoms with Crippen molar-refractivity contribution in [2.24, 2.45) is 5.92 Å². The number of likely N-dealkylation sites (tertiary alicyclic amines) is 1. The van der Waals surface area contributed by atoms with Crippen LogP contribution < -0.4 is 20.7 Å². The number of benzene rings is 2. The van der Waals surface area contributed by atoms with Gasteiger partial charge < -0.3 is 25.8 Å². The number of nitrogens with one attached hydrogen (secondary N) is 3. The molecule has 2 fully saturated rings. The molecule has 2 aliphatic rings. The highest BCUT2D eigenvalue weighted by molar-refractivity contribution is 6.39. The zero-order valence-electron chi connectivity index (χ0n) is 25.5. The number of rotatable bonds is 12. The van der Waals surface area contributed by atoms with Crippen LogP contribution in [0.1, 0.15) is 24.0 Å². The second-order valence-electron chi connectivity index (χ2n) is 11.6. The number of methoxy groups -OCH3 is 1. The Morgan fingerprint density at radius 1 is 1.09 bits per heavy atom. The molecule has 2 aromatic carbocycles. The van der Waals surface area contributed by atoms with Crippen LogP contribution in [0.5, 0.6) is 5.75 Å². The second-order valence-corrected chi connectivity index (χ2v) is 12.4. The molecule has 4 N–H and O–H groups in total. The van der Waals surface area contributed by atoms with Gasteiger partial charge in [0.15, 0.2) is 11.6 Å². The van der Waals surface area contributed by atoms with Gasteiger partial charge in [0.1, 0.15) is 5.75 Å².